The second kappa shape index (κ2) is 9.81. The van der Waals surface area contributed by atoms with Gasteiger partial charge in [0.1, 0.15) is 5.60 Å². The largest absolute Gasteiger partial charge is 0.328 e. The molecule has 0 saturated heterocycles. The minimum Gasteiger partial charge on any atom is -0.328 e. The summed E-state index contributed by atoms with van der Waals surface area (Å²) in [4.78, 5) is 20.6. The van der Waals surface area contributed by atoms with Crippen LogP contribution in [0.15, 0.2) is 24.3 Å². The van der Waals surface area contributed by atoms with Gasteiger partial charge in [-0.2, -0.15) is 0 Å². The van der Waals surface area contributed by atoms with Crippen molar-refractivity contribution in [2.24, 2.45) is 0 Å². The maximum Gasteiger partial charge on any atom is 0.328 e. The third kappa shape index (κ3) is 6.07. The summed E-state index contributed by atoms with van der Waals surface area (Å²) in [5.41, 5.74) is 8.01. The molecule has 0 atom stereocenters. The molecule has 36 heavy (non-hydrogen) atoms. The van der Waals surface area contributed by atoms with E-state index in [-0.39, 0.29) is 21.7 Å². The van der Waals surface area contributed by atoms with Crippen LogP contribution in [0.4, 0.5) is 0 Å². The van der Waals surface area contributed by atoms with Crippen LogP contribution in [0.5, 0.6) is 0 Å². The first-order chi connectivity index (χ1) is 15.9. The molecule has 2 aromatic carbocycles. The van der Waals surface area contributed by atoms with Gasteiger partial charge in [0, 0.05) is 0 Å². The van der Waals surface area contributed by atoms with Crippen LogP contribution in [0, 0.1) is 13.8 Å². The highest BCUT2D eigenvalue weighted by atomic mass is 31.2. The molecular formula is C32H51O3P. The SMILES string of the molecule is Cc1c(C(C)(C)C)ccc(C(C)(OP(O)O)c2ccc(C(C)(C)C)c(C)c2C(C)(C)C)c1C(C)(C)C. The van der Waals surface area contributed by atoms with Crippen LogP contribution in [0.25, 0.3) is 0 Å². The van der Waals surface area contributed by atoms with E-state index in [2.05, 4.69) is 121 Å². The Morgan fingerprint density at radius 1 is 0.500 bits per heavy atom. The summed E-state index contributed by atoms with van der Waals surface area (Å²) in [5.74, 6) is 0. The average molecular weight is 515 g/mol. The van der Waals surface area contributed by atoms with Gasteiger partial charge in [0.05, 0.1) is 0 Å². The summed E-state index contributed by atoms with van der Waals surface area (Å²) in [6.45, 7) is 33.2. The van der Waals surface area contributed by atoms with Gasteiger partial charge in [-0.1, -0.05) is 107 Å². The highest BCUT2D eigenvalue weighted by Crippen LogP contribution is 2.51. The molecule has 0 heterocycles. The van der Waals surface area contributed by atoms with Gasteiger partial charge in [0.15, 0.2) is 0 Å². The topological polar surface area (TPSA) is 49.7 Å². The predicted molar refractivity (Wildman–Crippen MR) is 156 cm³/mol. The lowest BCUT2D eigenvalue weighted by Gasteiger charge is -2.42. The van der Waals surface area contributed by atoms with Crippen molar-refractivity contribution in [2.45, 2.75) is 131 Å². The van der Waals surface area contributed by atoms with Crippen molar-refractivity contribution in [3.63, 3.8) is 0 Å². The van der Waals surface area contributed by atoms with Gasteiger partial charge < -0.3 is 9.79 Å². The molecule has 202 valence electrons. The second-order valence-corrected chi connectivity index (χ2v) is 15.4. The Morgan fingerprint density at radius 3 is 1.00 bits per heavy atom. The Bertz CT molecular complexity index is 1020. The summed E-state index contributed by atoms with van der Waals surface area (Å²) in [5, 5.41) is 0. The van der Waals surface area contributed by atoms with E-state index in [9.17, 15) is 9.79 Å². The van der Waals surface area contributed by atoms with Crippen molar-refractivity contribution >= 4 is 8.60 Å². The molecular weight excluding hydrogens is 463 g/mol. The molecule has 0 aliphatic carbocycles. The minimum atomic E-state index is -2.61. The molecule has 0 aliphatic rings. The van der Waals surface area contributed by atoms with Gasteiger partial charge in [0.2, 0.25) is 0 Å². The van der Waals surface area contributed by atoms with Crippen LogP contribution in [-0.2, 0) is 31.8 Å². The Hall–Kier alpha value is -1.25. The lowest BCUT2D eigenvalue weighted by molar-refractivity contribution is 0.106. The van der Waals surface area contributed by atoms with E-state index >= 15 is 0 Å². The number of hydrogen-bond donors (Lipinski definition) is 2. The van der Waals surface area contributed by atoms with E-state index in [1.165, 1.54) is 33.4 Å². The zero-order valence-corrected chi connectivity index (χ0v) is 26.5. The van der Waals surface area contributed by atoms with E-state index < -0.39 is 14.2 Å². The fourth-order valence-electron chi connectivity index (χ4n) is 6.18. The minimum absolute atomic E-state index is 0.0119. The average Bonchev–Trinajstić information content (AvgIpc) is 2.62. The third-order valence-electron chi connectivity index (χ3n) is 7.34. The fourth-order valence-corrected chi connectivity index (χ4v) is 6.71. The van der Waals surface area contributed by atoms with E-state index in [0.717, 1.165) is 11.1 Å². The highest BCUT2D eigenvalue weighted by Gasteiger charge is 2.42. The van der Waals surface area contributed by atoms with Crippen LogP contribution in [0.1, 0.15) is 135 Å². The normalized spacial score (nSPS) is 14.1. The van der Waals surface area contributed by atoms with Gasteiger partial charge >= 0.3 is 8.60 Å². The number of rotatable bonds is 4. The second-order valence-electron chi connectivity index (χ2n) is 14.7. The Morgan fingerprint density at radius 2 is 0.778 bits per heavy atom. The predicted octanol–water partition coefficient (Wildman–Crippen LogP) is 8.99. The molecule has 0 saturated carbocycles. The number of hydrogen-bond acceptors (Lipinski definition) is 3. The maximum absolute atomic E-state index is 10.3. The third-order valence-corrected chi connectivity index (χ3v) is 7.87. The Balaban J connectivity index is 3.14. The smallest absolute Gasteiger partial charge is 0.328 e. The first-order valence-corrected chi connectivity index (χ1v) is 14.3. The Kier molecular flexibility index (Phi) is 8.44. The maximum atomic E-state index is 10.3. The molecule has 0 fully saturated rings. The number of benzene rings is 2. The molecule has 0 aromatic heterocycles. The van der Waals surface area contributed by atoms with Crippen LogP contribution in [-0.4, -0.2) is 9.79 Å². The molecule has 2 aromatic rings. The van der Waals surface area contributed by atoms with E-state index in [1.807, 2.05) is 6.92 Å². The van der Waals surface area contributed by atoms with E-state index in [1.54, 1.807) is 0 Å². The van der Waals surface area contributed by atoms with E-state index in [0.29, 0.717) is 0 Å². The van der Waals surface area contributed by atoms with Crippen molar-refractivity contribution in [3.05, 3.63) is 68.8 Å². The van der Waals surface area contributed by atoms with Gasteiger partial charge in [-0.05, 0) is 86.9 Å². The van der Waals surface area contributed by atoms with Crippen molar-refractivity contribution in [2.75, 3.05) is 0 Å². The highest BCUT2D eigenvalue weighted by molar-refractivity contribution is 7.39. The standard InChI is InChI=1S/C32H51O3P/c1-20-22(28(3,4)5)16-18-24(26(20)30(9,10)11)32(15,35-36(33)34)25-19-17-23(29(6,7)8)21(2)27(25)31(12,13)14/h16-19,33-34H,1-15H3. The van der Waals surface area contributed by atoms with Gasteiger partial charge in [0.25, 0.3) is 0 Å². The van der Waals surface area contributed by atoms with Crippen LogP contribution in [0.3, 0.4) is 0 Å². The molecule has 0 amide bonds. The summed E-state index contributed by atoms with van der Waals surface area (Å²) in [7, 11) is -2.61. The first-order valence-electron chi connectivity index (χ1n) is 13.1. The lowest BCUT2D eigenvalue weighted by atomic mass is 9.67. The van der Waals surface area contributed by atoms with Crippen LogP contribution in [0.2, 0.25) is 0 Å². The van der Waals surface area contributed by atoms with Crippen molar-refractivity contribution in [1.82, 2.24) is 0 Å². The molecule has 0 aliphatic heterocycles. The van der Waals surface area contributed by atoms with Crippen molar-refractivity contribution in [1.29, 1.82) is 0 Å². The zero-order chi connectivity index (χ0) is 28.2. The van der Waals surface area contributed by atoms with Gasteiger partial charge in [-0.25, -0.2) is 0 Å². The summed E-state index contributed by atoms with van der Waals surface area (Å²) in [6.07, 6.45) is 0. The molecule has 4 heteroatoms. The summed E-state index contributed by atoms with van der Waals surface area (Å²) >= 11 is 0. The molecule has 3 nitrogen and oxygen atoms in total. The molecule has 0 radical (unpaired) electrons. The fraction of sp³-hybridized carbons (Fsp3) is 0.625. The monoisotopic (exact) mass is 514 g/mol. The molecule has 0 unspecified atom stereocenters. The van der Waals surface area contributed by atoms with Gasteiger partial charge in [-0.15, -0.1) is 0 Å². The molecule has 0 bridgehead atoms. The molecule has 0 spiro atoms. The lowest BCUT2D eigenvalue weighted by Crippen LogP contribution is -2.35. The summed E-state index contributed by atoms with van der Waals surface area (Å²) < 4.78 is 6.22. The van der Waals surface area contributed by atoms with Crippen molar-refractivity contribution < 1.29 is 14.3 Å². The van der Waals surface area contributed by atoms with Crippen LogP contribution < -0.4 is 0 Å². The molecule has 2 N–H and O–H groups in total. The van der Waals surface area contributed by atoms with Gasteiger partial charge in [-0.3, -0.25) is 4.52 Å². The van der Waals surface area contributed by atoms with Crippen LogP contribution >= 0.6 is 8.60 Å². The Labute approximate surface area is 222 Å². The van der Waals surface area contributed by atoms with E-state index in [4.69, 9.17) is 4.52 Å². The summed E-state index contributed by atoms with van der Waals surface area (Å²) in [6, 6.07) is 8.72. The molecule has 2 rings (SSSR count). The zero-order valence-electron chi connectivity index (χ0n) is 25.6. The quantitative estimate of drug-likeness (QED) is 0.400. The first kappa shape index (κ1) is 31.0. The van der Waals surface area contributed by atoms with Crippen molar-refractivity contribution in [3.8, 4) is 0 Å².